The first kappa shape index (κ1) is 15.7. The summed E-state index contributed by atoms with van der Waals surface area (Å²) in [4.78, 5) is 9.91. The Morgan fingerprint density at radius 3 is 2.52 bits per heavy atom. The number of nitrogens with zero attached hydrogens (tertiary/aromatic N) is 1. The highest BCUT2D eigenvalue weighted by atomic mass is 32.2. The summed E-state index contributed by atoms with van der Waals surface area (Å²) in [5.41, 5.74) is 5.38. The van der Waals surface area contributed by atoms with Gasteiger partial charge in [0.1, 0.15) is 4.90 Å². The zero-order chi connectivity index (χ0) is 15.8. The molecule has 0 spiro atoms. The van der Waals surface area contributed by atoms with Crippen LogP contribution in [0.3, 0.4) is 0 Å². The molecule has 21 heavy (non-hydrogen) atoms. The number of nitrogen functional groups attached to an aromatic ring is 1. The van der Waals surface area contributed by atoms with Crippen LogP contribution in [-0.2, 0) is 10.0 Å². The van der Waals surface area contributed by atoms with Crippen LogP contribution < -0.4 is 10.5 Å². The van der Waals surface area contributed by atoms with Crippen LogP contribution in [0.25, 0.3) is 0 Å². The van der Waals surface area contributed by atoms with Crippen LogP contribution in [0.2, 0.25) is 0 Å². The van der Waals surface area contributed by atoms with Crippen LogP contribution in [-0.4, -0.2) is 19.4 Å². The molecule has 2 rings (SSSR count). The van der Waals surface area contributed by atoms with E-state index in [2.05, 4.69) is 11.6 Å². The normalized spacial score (nSPS) is 25.9. The number of sulfonamides is 1. The van der Waals surface area contributed by atoms with Crippen LogP contribution in [0.15, 0.2) is 23.1 Å². The van der Waals surface area contributed by atoms with Gasteiger partial charge in [0.25, 0.3) is 5.69 Å². The molecule has 0 radical (unpaired) electrons. The summed E-state index contributed by atoms with van der Waals surface area (Å²) in [5, 5.41) is 10.8. The first-order valence-corrected chi connectivity index (χ1v) is 8.27. The Morgan fingerprint density at radius 1 is 1.33 bits per heavy atom. The van der Waals surface area contributed by atoms with E-state index in [4.69, 9.17) is 5.73 Å². The molecule has 1 aromatic carbocycles. The third kappa shape index (κ3) is 3.16. The molecule has 1 aromatic rings. The Labute approximate surface area is 123 Å². The zero-order valence-electron chi connectivity index (χ0n) is 11.9. The highest BCUT2D eigenvalue weighted by molar-refractivity contribution is 7.89. The summed E-state index contributed by atoms with van der Waals surface area (Å²) >= 11 is 0. The van der Waals surface area contributed by atoms with Crippen molar-refractivity contribution >= 4 is 21.4 Å². The van der Waals surface area contributed by atoms with E-state index in [-0.39, 0.29) is 28.2 Å². The van der Waals surface area contributed by atoms with Gasteiger partial charge in [-0.05, 0) is 30.7 Å². The fourth-order valence-electron chi connectivity index (χ4n) is 2.66. The molecule has 8 heteroatoms. The lowest BCUT2D eigenvalue weighted by Gasteiger charge is -2.20. The van der Waals surface area contributed by atoms with Crippen molar-refractivity contribution < 1.29 is 13.3 Å². The number of anilines is 1. The molecule has 116 valence electrons. The molecular formula is C13H19N3O4S. The monoisotopic (exact) mass is 313 g/mol. The van der Waals surface area contributed by atoms with Gasteiger partial charge >= 0.3 is 0 Å². The second kappa shape index (κ2) is 5.61. The van der Waals surface area contributed by atoms with Gasteiger partial charge in [0.2, 0.25) is 10.0 Å². The van der Waals surface area contributed by atoms with Crippen LogP contribution in [0.4, 0.5) is 11.4 Å². The highest BCUT2D eigenvalue weighted by Gasteiger charge is 2.34. The third-order valence-electron chi connectivity index (χ3n) is 4.27. The van der Waals surface area contributed by atoms with Gasteiger partial charge in [-0.2, -0.15) is 0 Å². The van der Waals surface area contributed by atoms with E-state index in [0.717, 1.165) is 18.9 Å². The second-order valence-electron chi connectivity index (χ2n) is 5.62. The Bertz CT molecular complexity index is 659. The van der Waals surface area contributed by atoms with E-state index in [9.17, 15) is 18.5 Å². The Kier molecular flexibility index (Phi) is 4.20. The van der Waals surface area contributed by atoms with Crippen LogP contribution >= 0.6 is 0 Å². The summed E-state index contributed by atoms with van der Waals surface area (Å²) in [6.45, 7) is 4.09. The van der Waals surface area contributed by atoms with Crippen LogP contribution in [0.1, 0.15) is 26.7 Å². The average molecular weight is 313 g/mol. The molecule has 0 heterocycles. The lowest BCUT2D eigenvalue weighted by atomic mass is 9.98. The first-order valence-electron chi connectivity index (χ1n) is 6.78. The molecule has 3 unspecified atom stereocenters. The van der Waals surface area contributed by atoms with E-state index in [0.29, 0.717) is 5.92 Å². The second-order valence-corrected chi connectivity index (χ2v) is 7.30. The summed E-state index contributed by atoms with van der Waals surface area (Å²) < 4.78 is 27.5. The maximum atomic E-state index is 12.4. The van der Waals surface area contributed by atoms with Gasteiger partial charge in [0, 0.05) is 18.2 Å². The molecule has 0 aromatic heterocycles. The average Bonchev–Trinajstić information content (AvgIpc) is 2.70. The first-order chi connectivity index (χ1) is 9.72. The minimum atomic E-state index is -3.87. The summed E-state index contributed by atoms with van der Waals surface area (Å²) in [7, 11) is -3.87. The molecule has 0 amide bonds. The molecule has 3 atom stereocenters. The molecule has 1 saturated carbocycles. The Hall–Kier alpha value is -1.67. The van der Waals surface area contributed by atoms with Crippen molar-refractivity contribution in [1.82, 2.24) is 4.72 Å². The molecule has 3 N–H and O–H groups in total. The van der Waals surface area contributed by atoms with Gasteiger partial charge in [-0.3, -0.25) is 10.1 Å². The number of hydrogen-bond donors (Lipinski definition) is 2. The predicted molar refractivity (Wildman–Crippen MR) is 79.2 cm³/mol. The predicted octanol–water partition coefficient (Wildman–Crippen LogP) is 1.89. The smallest absolute Gasteiger partial charge is 0.270 e. The third-order valence-corrected chi connectivity index (χ3v) is 5.81. The van der Waals surface area contributed by atoms with Crippen molar-refractivity contribution in [2.75, 3.05) is 5.73 Å². The van der Waals surface area contributed by atoms with Crippen molar-refractivity contribution in [3.8, 4) is 0 Å². The van der Waals surface area contributed by atoms with Gasteiger partial charge in [-0.25, -0.2) is 13.1 Å². The molecular weight excluding hydrogens is 294 g/mol. The number of non-ortho nitro benzene ring substituents is 1. The molecule has 0 aliphatic heterocycles. The van der Waals surface area contributed by atoms with E-state index in [1.807, 2.05) is 6.92 Å². The minimum absolute atomic E-state index is 0.00629. The van der Waals surface area contributed by atoms with Gasteiger partial charge < -0.3 is 5.73 Å². The summed E-state index contributed by atoms with van der Waals surface area (Å²) in [5.74, 6) is 0.667. The molecule has 1 aliphatic carbocycles. The topological polar surface area (TPSA) is 115 Å². The lowest BCUT2D eigenvalue weighted by molar-refractivity contribution is -0.385. The Balaban J connectivity index is 2.31. The summed E-state index contributed by atoms with van der Waals surface area (Å²) in [6, 6.07) is 3.27. The fraction of sp³-hybridized carbons (Fsp3) is 0.538. The number of benzene rings is 1. The zero-order valence-corrected chi connectivity index (χ0v) is 12.8. The van der Waals surface area contributed by atoms with Crippen molar-refractivity contribution in [2.24, 2.45) is 11.8 Å². The van der Waals surface area contributed by atoms with Crippen molar-refractivity contribution in [2.45, 2.75) is 37.6 Å². The fourth-order valence-corrected chi connectivity index (χ4v) is 4.18. The molecule has 0 saturated heterocycles. The maximum Gasteiger partial charge on any atom is 0.270 e. The standard InChI is InChI=1S/C13H19N3O4S/c1-8-3-6-12(9(8)2)15-21(19,20)13-7-10(16(17)18)4-5-11(13)14/h4-5,7-9,12,15H,3,6,14H2,1-2H3. The molecule has 0 bridgehead atoms. The molecule has 1 fully saturated rings. The van der Waals surface area contributed by atoms with Crippen molar-refractivity contribution in [3.63, 3.8) is 0 Å². The molecule has 7 nitrogen and oxygen atoms in total. The van der Waals surface area contributed by atoms with Gasteiger partial charge in [-0.15, -0.1) is 0 Å². The SMILES string of the molecule is CC1CCC(NS(=O)(=O)c2cc([N+](=O)[O-])ccc2N)C1C. The van der Waals surface area contributed by atoms with E-state index in [1.165, 1.54) is 12.1 Å². The maximum absolute atomic E-state index is 12.4. The van der Waals surface area contributed by atoms with Gasteiger partial charge in [0.05, 0.1) is 10.6 Å². The quantitative estimate of drug-likeness (QED) is 0.500. The number of nitro groups is 1. The van der Waals surface area contributed by atoms with E-state index >= 15 is 0 Å². The van der Waals surface area contributed by atoms with Crippen molar-refractivity contribution in [1.29, 1.82) is 0 Å². The number of nitrogens with two attached hydrogens (primary N) is 1. The van der Waals surface area contributed by atoms with E-state index < -0.39 is 14.9 Å². The lowest BCUT2D eigenvalue weighted by Crippen LogP contribution is -2.37. The molecule has 1 aliphatic rings. The highest BCUT2D eigenvalue weighted by Crippen LogP contribution is 2.33. The largest absolute Gasteiger partial charge is 0.398 e. The van der Waals surface area contributed by atoms with Crippen molar-refractivity contribution in [3.05, 3.63) is 28.3 Å². The number of nitrogens with one attached hydrogen (secondary N) is 1. The van der Waals surface area contributed by atoms with Gasteiger partial charge in [-0.1, -0.05) is 13.8 Å². The number of hydrogen-bond acceptors (Lipinski definition) is 5. The Morgan fingerprint density at radius 2 is 2.00 bits per heavy atom. The van der Waals surface area contributed by atoms with Crippen LogP contribution in [0.5, 0.6) is 0 Å². The summed E-state index contributed by atoms with van der Waals surface area (Å²) in [6.07, 6.45) is 1.72. The number of rotatable bonds is 4. The van der Waals surface area contributed by atoms with Gasteiger partial charge in [0.15, 0.2) is 0 Å². The van der Waals surface area contributed by atoms with Crippen LogP contribution in [0, 0.1) is 22.0 Å². The van der Waals surface area contributed by atoms with E-state index in [1.54, 1.807) is 0 Å². The minimum Gasteiger partial charge on any atom is -0.398 e. The number of nitro benzene ring substituents is 1.